The van der Waals surface area contributed by atoms with Gasteiger partial charge in [-0.2, -0.15) is 0 Å². The van der Waals surface area contributed by atoms with E-state index in [9.17, 15) is 31.1 Å². The van der Waals surface area contributed by atoms with Crippen LogP contribution in [0.4, 0.5) is 26.3 Å². The Balaban J connectivity index is 3.12. The lowest BCUT2D eigenvalue weighted by Gasteiger charge is -2.08. The quantitative estimate of drug-likeness (QED) is 0.360. The Hall–Kier alpha value is -1.73. The maximum Gasteiger partial charge on any atom is 0.337 e. The average molecular weight is 258 g/mol. The van der Waals surface area contributed by atoms with E-state index in [2.05, 4.69) is 4.74 Å². The molecular weight excluding hydrogens is 254 g/mol. The van der Waals surface area contributed by atoms with Gasteiger partial charge < -0.3 is 4.74 Å². The second-order valence-electron chi connectivity index (χ2n) is 2.84. The Morgan fingerprint density at radius 3 is 1.71 bits per heavy atom. The average Bonchev–Trinajstić information content (AvgIpc) is 2.33. The van der Waals surface area contributed by atoms with Gasteiger partial charge in [-0.25, -0.2) is 31.1 Å². The molecule has 0 spiro atoms. The van der Waals surface area contributed by atoms with Crippen molar-refractivity contribution in [1.82, 2.24) is 0 Å². The van der Waals surface area contributed by atoms with Gasteiger partial charge in [-0.1, -0.05) is 0 Å². The van der Waals surface area contributed by atoms with Gasteiger partial charge in [0.15, 0.2) is 29.9 Å². The molecule has 1 aromatic carbocycles. The van der Waals surface area contributed by atoms with Crippen molar-refractivity contribution in [1.29, 1.82) is 0 Å². The third-order valence-electron chi connectivity index (χ3n) is 1.79. The molecule has 0 saturated carbocycles. The van der Waals surface area contributed by atoms with Crippen LogP contribution in [-0.2, 0) is 16.1 Å². The zero-order chi connectivity index (χ0) is 13.2. The number of esters is 1. The lowest BCUT2D eigenvalue weighted by Crippen LogP contribution is -2.12. The molecule has 94 valence electrons. The zero-order valence-electron chi connectivity index (χ0n) is 8.00. The Labute approximate surface area is 90.8 Å². The van der Waals surface area contributed by atoms with Gasteiger partial charge in [0.1, 0.15) is 6.61 Å². The first-order valence-electron chi connectivity index (χ1n) is 4.12. The van der Waals surface area contributed by atoms with Gasteiger partial charge in [0.25, 0.3) is 0 Å². The standard InChI is InChI=1S/C9H4F6O2/c10-1-4(16)17-2-3-5(11)7(13)9(15)8(14)6(3)12/h1-2H2. The van der Waals surface area contributed by atoms with Crippen molar-refractivity contribution in [2.24, 2.45) is 0 Å². The van der Waals surface area contributed by atoms with Crippen molar-refractivity contribution >= 4 is 5.97 Å². The molecule has 0 saturated heterocycles. The van der Waals surface area contributed by atoms with Crippen LogP contribution >= 0.6 is 0 Å². The normalized spacial score (nSPS) is 10.5. The molecule has 0 bridgehead atoms. The number of carbonyl (C=O) groups is 1. The van der Waals surface area contributed by atoms with E-state index in [-0.39, 0.29) is 0 Å². The van der Waals surface area contributed by atoms with Crippen LogP contribution in [0.5, 0.6) is 0 Å². The Morgan fingerprint density at radius 2 is 1.29 bits per heavy atom. The van der Waals surface area contributed by atoms with Gasteiger partial charge in [0.05, 0.1) is 5.56 Å². The van der Waals surface area contributed by atoms with E-state index < -0.39 is 53.9 Å². The first-order valence-corrected chi connectivity index (χ1v) is 4.12. The maximum absolute atomic E-state index is 13.0. The number of hydrogen-bond acceptors (Lipinski definition) is 2. The number of hydrogen-bond donors (Lipinski definition) is 0. The lowest BCUT2D eigenvalue weighted by atomic mass is 10.2. The smallest absolute Gasteiger partial charge is 0.337 e. The molecule has 0 fully saturated rings. The van der Waals surface area contributed by atoms with Gasteiger partial charge in [-0.15, -0.1) is 0 Å². The minimum Gasteiger partial charge on any atom is -0.459 e. The van der Waals surface area contributed by atoms with Gasteiger partial charge in [0.2, 0.25) is 5.82 Å². The van der Waals surface area contributed by atoms with E-state index in [1.165, 1.54) is 0 Å². The molecule has 0 aromatic heterocycles. The summed E-state index contributed by atoms with van der Waals surface area (Å²) in [6.45, 7) is -2.82. The first-order chi connectivity index (χ1) is 7.90. The van der Waals surface area contributed by atoms with E-state index in [0.717, 1.165) is 0 Å². The van der Waals surface area contributed by atoms with Gasteiger partial charge >= 0.3 is 5.97 Å². The summed E-state index contributed by atoms with van der Waals surface area (Å²) in [5, 5.41) is 0. The van der Waals surface area contributed by atoms with Crippen molar-refractivity contribution in [2.75, 3.05) is 6.67 Å². The van der Waals surface area contributed by atoms with Crippen LogP contribution in [0.2, 0.25) is 0 Å². The predicted octanol–water partition coefficient (Wildman–Crippen LogP) is 2.39. The van der Waals surface area contributed by atoms with Crippen LogP contribution in [0.3, 0.4) is 0 Å². The summed E-state index contributed by atoms with van der Waals surface area (Å²) in [7, 11) is 0. The van der Waals surface area contributed by atoms with Crippen LogP contribution in [-0.4, -0.2) is 12.6 Å². The second-order valence-corrected chi connectivity index (χ2v) is 2.84. The third kappa shape index (κ3) is 2.51. The largest absolute Gasteiger partial charge is 0.459 e. The highest BCUT2D eigenvalue weighted by Crippen LogP contribution is 2.23. The van der Waals surface area contributed by atoms with Crippen LogP contribution in [0, 0.1) is 29.1 Å². The van der Waals surface area contributed by atoms with Crippen LogP contribution in [0.15, 0.2) is 0 Å². The molecule has 0 N–H and O–H groups in total. The van der Waals surface area contributed by atoms with Crippen molar-refractivity contribution in [3.8, 4) is 0 Å². The highest BCUT2D eigenvalue weighted by atomic mass is 19.2. The van der Waals surface area contributed by atoms with E-state index in [4.69, 9.17) is 0 Å². The number of ether oxygens (including phenoxy) is 1. The molecule has 0 heterocycles. The number of benzene rings is 1. The summed E-state index contributed by atoms with van der Waals surface area (Å²) in [4.78, 5) is 10.3. The topological polar surface area (TPSA) is 26.3 Å². The second kappa shape index (κ2) is 5.07. The molecule has 0 amide bonds. The van der Waals surface area contributed by atoms with Gasteiger partial charge in [0, 0.05) is 0 Å². The highest BCUT2D eigenvalue weighted by Gasteiger charge is 2.26. The molecule has 0 aliphatic rings. The first kappa shape index (κ1) is 13.3. The van der Waals surface area contributed by atoms with E-state index in [1.807, 2.05) is 0 Å². The van der Waals surface area contributed by atoms with E-state index in [0.29, 0.717) is 0 Å². The van der Waals surface area contributed by atoms with E-state index >= 15 is 0 Å². The van der Waals surface area contributed by atoms with Crippen LogP contribution in [0.1, 0.15) is 5.56 Å². The summed E-state index contributed by atoms with van der Waals surface area (Å²) in [5.41, 5.74) is -1.33. The molecule has 0 unspecified atom stereocenters. The van der Waals surface area contributed by atoms with E-state index in [1.54, 1.807) is 0 Å². The van der Waals surface area contributed by atoms with Gasteiger partial charge in [-0.3, -0.25) is 0 Å². The number of carbonyl (C=O) groups excluding carboxylic acids is 1. The van der Waals surface area contributed by atoms with Crippen molar-refractivity contribution in [3.63, 3.8) is 0 Å². The molecule has 17 heavy (non-hydrogen) atoms. The summed E-state index contributed by atoms with van der Waals surface area (Å²) >= 11 is 0. The van der Waals surface area contributed by atoms with Crippen molar-refractivity contribution in [2.45, 2.75) is 6.61 Å². The zero-order valence-corrected chi connectivity index (χ0v) is 8.00. The summed E-state index contributed by atoms with van der Waals surface area (Å²) in [6.07, 6.45) is 0. The molecule has 0 atom stereocenters. The molecule has 1 aromatic rings. The number of rotatable bonds is 3. The monoisotopic (exact) mass is 258 g/mol. The minimum atomic E-state index is -2.32. The fourth-order valence-corrected chi connectivity index (χ4v) is 0.968. The van der Waals surface area contributed by atoms with Crippen LogP contribution in [0.25, 0.3) is 0 Å². The number of halogens is 6. The molecule has 0 radical (unpaired) electrons. The van der Waals surface area contributed by atoms with Crippen molar-refractivity contribution in [3.05, 3.63) is 34.6 Å². The fourth-order valence-electron chi connectivity index (χ4n) is 0.968. The fraction of sp³-hybridized carbons (Fsp3) is 0.222. The Bertz CT molecular complexity index is 430. The molecule has 1 rings (SSSR count). The predicted molar refractivity (Wildman–Crippen MR) is 42.0 cm³/mol. The Kier molecular flexibility index (Phi) is 3.97. The lowest BCUT2D eigenvalue weighted by molar-refractivity contribution is -0.146. The molecule has 0 aliphatic carbocycles. The summed E-state index contributed by atoms with van der Waals surface area (Å²) in [5.74, 6) is -12.3. The third-order valence-corrected chi connectivity index (χ3v) is 1.79. The van der Waals surface area contributed by atoms with Crippen LogP contribution < -0.4 is 0 Å². The Morgan fingerprint density at radius 1 is 0.882 bits per heavy atom. The molecular formula is C9H4F6O2. The molecule has 0 aliphatic heterocycles. The van der Waals surface area contributed by atoms with Crippen molar-refractivity contribution < 1.29 is 35.9 Å². The summed E-state index contributed by atoms with van der Waals surface area (Å²) in [6, 6.07) is 0. The molecule has 8 heteroatoms. The number of alkyl halides is 1. The van der Waals surface area contributed by atoms with Gasteiger partial charge in [-0.05, 0) is 0 Å². The summed E-state index contributed by atoms with van der Waals surface area (Å²) < 4.78 is 79.3. The maximum atomic E-state index is 13.0. The SMILES string of the molecule is O=C(CF)OCc1c(F)c(F)c(F)c(F)c1F. The minimum absolute atomic E-state index is 1.24. The molecule has 2 nitrogen and oxygen atoms in total. The highest BCUT2D eigenvalue weighted by molar-refractivity contribution is 5.70.